The molecular formula is C57H84N8O15S. The maximum Gasteiger partial charge on any atom is 0.332 e. The zero-order valence-electron chi connectivity index (χ0n) is 47.8. The van der Waals surface area contributed by atoms with Crippen molar-refractivity contribution in [2.75, 3.05) is 38.2 Å². The van der Waals surface area contributed by atoms with E-state index in [4.69, 9.17) is 19.9 Å². The Kier molecular flexibility index (Phi) is 26.6. The fourth-order valence-corrected chi connectivity index (χ4v) is 10.1. The highest BCUT2D eigenvalue weighted by Gasteiger charge is 2.42. The number of benzene rings is 2. The zero-order chi connectivity index (χ0) is 60.1. The first kappa shape index (κ1) is 66.9. The third-order valence-electron chi connectivity index (χ3n) is 14.5. The highest BCUT2D eigenvalue weighted by Crippen LogP contribution is 2.28. The molecule has 11 N–H and O–H groups in total. The van der Waals surface area contributed by atoms with E-state index >= 15 is 4.79 Å². The first-order valence-corrected chi connectivity index (χ1v) is 28.8. The third-order valence-corrected chi connectivity index (χ3v) is 15.7. The van der Waals surface area contributed by atoms with Crippen LogP contribution in [0.15, 0.2) is 66.7 Å². The van der Waals surface area contributed by atoms with E-state index in [0.717, 1.165) is 36.7 Å². The summed E-state index contributed by atoms with van der Waals surface area (Å²) in [6.07, 6.45) is 0.401. The molecule has 24 heteroatoms. The highest BCUT2D eigenvalue weighted by atomic mass is 32.2. The normalized spacial score (nSPS) is 27.1. The van der Waals surface area contributed by atoms with Crippen molar-refractivity contribution in [2.45, 2.75) is 160 Å². The number of thioether (sulfide) groups is 1. The number of hydrogen-bond acceptors (Lipinski definition) is 17. The van der Waals surface area contributed by atoms with Crippen molar-refractivity contribution < 1.29 is 72.7 Å². The predicted octanol–water partition coefficient (Wildman–Crippen LogP) is 0.858. The van der Waals surface area contributed by atoms with Crippen LogP contribution in [0.1, 0.15) is 105 Å². The van der Waals surface area contributed by atoms with Crippen molar-refractivity contribution in [1.29, 1.82) is 0 Å². The number of likely N-dealkylation sites (N-methyl/N-ethyl adjacent to an activating group) is 1. The highest BCUT2D eigenvalue weighted by molar-refractivity contribution is 7.99. The second kappa shape index (κ2) is 32.1. The van der Waals surface area contributed by atoms with Crippen LogP contribution >= 0.6 is 11.8 Å². The number of amides is 7. The van der Waals surface area contributed by atoms with Crippen molar-refractivity contribution in [1.82, 2.24) is 36.8 Å². The Balaban J connectivity index is 1.99. The summed E-state index contributed by atoms with van der Waals surface area (Å²) in [5.74, 6) is -10.4. The molecule has 3 aliphatic rings. The Morgan fingerprint density at radius 3 is 2.10 bits per heavy atom. The molecule has 23 nitrogen and oxygen atoms in total. The monoisotopic (exact) mass is 1150 g/mol. The maximum atomic E-state index is 15.3. The number of hydrogen-bond donors (Lipinski definition) is 10. The summed E-state index contributed by atoms with van der Waals surface area (Å²) in [5, 5.41) is 49.4. The number of aliphatic hydroxyl groups excluding tert-OH is 2. The largest absolute Gasteiger partial charge is 0.487 e. The minimum absolute atomic E-state index is 0.0702. The number of carbonyl (C=O) groups is 9. The van der Waals surface area contributed by atoms with Crippen LogP contribution < -0.4 is 42.4 Å². The Morgan fingerprint density at radius 2 is 1.47 bits per heavy atom. The average molecular weight is 1150 g/mol. The predicted molar refractivity (Wildman–Crippen MR) is 301 cm³/mol. The van der Waals surface area contributed by atoms with Crippen LogP contribution in [0.25, 0.3) is 0 Å². The molecule has 3 aliphatic heterocycles. The van der Waals surface area contributed by atoms with E-state index in [0.29, 0.717) is 17.9 Å². The van der Waals surface area contributed by atoms with Crippen molar-refractivity contribution in [3.8, 4) is 5.75 Å². The molecule has 4 bridgehead atoms. The molecule has 5 rings (SSSR count). The molecule has 0 aliphatic carbocycles. The molecule has 448 valence electrons. The van der Waals surface area contributed by atoms with Gasteiger partial charge in [-0.3, -0.25) is 38.4 Å². The molecule has 1 saturated heterocycles. The van der Waals surface area contributed by atoms with E-state index in [1.165, 1.54) is 69.9 Å². The molecule has 0 radical (unpaired) electrons. The van der Waals surface area contributed by atoms with Crippen molar-refractivity contribution in [3.05, 3.63) is 77.9 Å². The van der Waals surface area contributed by atoms with Gasteiger partial charge in [-0.05, 0) is 87.1 Å². The Hall–Kier alpha value is -6.60. The van der Waals surface area contributed by atoms with E-state index in [2.05, 4.69) is 31.9 Å². The SMILES string of the molecule is CC[C@H](C)C1NC(=O)[C@@H](NC(=O)[C@H](C)[C@H](O)C(C)C)[C@@H](C)OC(=O)[C@@H]2COC(=O)CNC(=O)/C=C/[C@](O)(CSCCCCCCN)[C@@H](C)Oc3ccc(cc3)[C@H](NC1=O)C(=O)N(C)[C@@H](Cc1ccccc1)C(=O)N[C@H]([C@@H](C)O)C(=O)N2. The molecule has 7 amide bonds. The Bertz CT molecular complexity index is 2490. The van der Waals surface area contributed by atoms with Gasteiger partial charge in [-0.15, -0.1) is 0 Å². The molecule has 1 unspecified atom stereocenters. The molecule has 1 fully saturated rings. The van der Waals surface area contributed by atoms with E-state index < -0.39 is 150 Å². The van der Waals surface area contributed by atoms with Crippen LogP contribution in [0.2, 0.25) is 0 Å². The fraction of sp³-hybridized carbons (Fsp3) is 0.596. The summed E-state index contributed by atoms with van der Waals surface area (Å²) >= 11 is 1.43. The zero-order valence-corrected chi connectivity index (χ0v) is 48.6. The number of carbonyl (C=O) groups excluding carboxylic acids is 9. The standard InChI is InChI=1S/C57H84N8O15S/c1-10-33(4)45-52(72)64-48-39-20-22-40(23-21-39)80-37(8)57(77,31-81-27-17-12-11-16-26-58)25-24-43(67)59-29-44(68)78-30-41(56(76)79-36(7)47(54(74)61-45)63-50(70)34(5)49(69)32(2)3)60-53(73)46(35(6)66)62-51(71)42(65(9)55(48)75)28-38-18-14-13-15-19-38/h13-15,18-25,32-37,41-42,45-49,66,69,77H,10-12,16-17,26-31,58H2,1-9H3,(H,59,67)(H,60,73)(H,61,74)(H,62,71)(H,63,70)(H,64,72)/b25-24+/t33-,34+,35+,36+,37+,41-,42-,45?,46+,47-,48-,49+,57-/m0/s1. The summed E-state index contributed by atoms with van der Waals surface area (Å²) < 4.78 is 17.5. The smallest absolute Gasteiger partial charge is 0.332 e. The molecule has 0 spiro atoms. The van der Waals surface area contributed by atoms with Crippen molar-refractivity contribution in [3.63, 3.8) is 0 Å². The number of nitrogens with two attached hydrogens (primary N) is 1. The number of rotatable bonds is 17. The lowest BCUT2D eigenvalue weighted by molar-refractivity contribution is -0.160. The van der Waals surface area contributed by atoms with Gasteiger partial charge in [-0.1, -0.05) is 96.3 Å². The molecule has 0 saturated carbocycles. The number of nitrogens with one attached hydrogen (secondary N) is 6. The summed E-state index contributed by atoms with van der Waals surface area (Å²) in [4.78, 5) is 130. The molecule has 81 heavy (non-hydrogen) atoms. The van der Waals surface area contributed by atoms with Gasteiger partial charge in [0, 0.05) is 25.3 Å². The number of unbranched alkanes of at least 4 members (excludes halogenated alkanes) is 3. The minimum atomic E-state index is -1.97. The van der Waals surface area contributed by atoms with Crippen LogP contribution in [0, 0.1) is 17.8 Å². The van der Waals surface area contributed by atoms with E-state index in [1.807, 2.05) is 0 Å². The van der Waals surface area contributed by atoms with E-state index in [1.54, 1.807) is 65.0 Å². The lowest BCUT2D eigenvalue weighted by Gasteiger charge is -2.34. The molecule has 3 heterocycles. The van der Waals surface area contributed by atoms with Gasteiger partial charge in [0.2, 0.25) is 41.4 Å². The average Bonchev–Trinajstić information content (AvgIpc) is 3.44. The van der Waals surface area contributed by atoms with Crippen LogP contribution in [0.4, 0.5) is 0 Å². The second-order valence-electron chi connectivity index (χ2n) is 21.2. The quantitative estimate of drug-likeness (QED) is 0.0776. The van der Waals surface area contributed by atoms with Gasteiger partial charge in [-0.2, -0.15) is 11.8 Å². The molecule has 2 aromatic carbocycles. The summed E-state index contributed by atoms with van der Waals surface area (Å²) in [5.41, 5.74) is 4.58. The summed E-state index contributed by atoms with van der Waals surface area (Å²) in [6, 6.07) is 4.31. The van der Waals surface area contributed by atoms with Crippen LogP contribution in [0.5, 0.6) is 5.75 Å². The van der Waals surface area contributed by atoms with Crippen LogP contribution in [0.3, 0.4) is 0 Å². The number of fused-ring (bicyclic) bond motifs is 11. The first-order chi connectivity index (χ1) is 38.3. The first-order valence-electron chi connectivity index (χ1n) is 27.6. The van der Waals surface area contributed by atoms with E-state index in [-0.39, 0.29) is 29.9 Å². The number of aliphatic hydroxyl groups is 3. The van der Waals surface area contributed by atoms with Gasteiger partial charge in [0.1, 0.15) is 66.9 Å². The fourth-order valence-electron chi connectivity index (χ4n) is 8.85. The van der Waals surface area contributed by atoms with Crippen molar-refractivity contribution >= 4 is 65.1 Å². The molecule has 13 atom stereocenters. The van der Waals surface area contributed by atoms with Gasteiger partial charge in [0.05, 0.1) is 18.1 Å². The summed E-state index contributed by atoms with van der Waals surface area (Å²) in [6.45, 7) is 11.0. The van der Waals surface area contributed by atoms with Gasteiger partial charge < -0.3 is 72.1 Å². The lowest BCUT2D eigenvalue weighted by atomic mass is 9.93. The third kappa shape index (κ3) is 19.8. The number of nitrogens with zero attached hydrogens (tertiary/aromatic N) is 1. The number of ether oxygens (including phenoxy) is 3. The molecule has 0 aromatic heterocycles. The lowest BCUT2D eigenvalue weighted by Crippen LogP contribution is -2.61. The van der Waals surface area contributed by atoms with Gasteiger partial charge in [0.15, 0.2) is 6.04 Å². The maximum absolute atomic E-state index is 15.3. The van der Waals surface area contributed by atoms with Crippen molar-refractivity contribution in [2.24, 2.45) is 23.5 Å². The van der Waals surface area contributed by atoms with Crippen LogP contribution in [-0.4, -0.2) is 172 Å². The molecular weight excluding hydrogens is 1070 g/mol. The number of esters is 2. The second-order valence-corrected chi connectivity index (χ2v) is 22.3. The summed E-state index contributed by atoms with van der Waals surface area (Å²) in [7, 11) is 1.31. The molecule has 2 aromatic rings. The van der Waals surface area contributed by atoms with Gasteiger partial charge in [-0.25, -0.2) is 4.79 Å². The van der Waals surface area contributed by atoms with E-state index in [9.17, 15) is 53.7 Å². The van der Waals surface area contributed by atoms with Gasteiger partial charge in [0.25, 0.3) is 0 Å². The van der Waals surface area contributed by atoms with Gasteiger partial charge >= 0.3 is 11.9 Å². The topological polar surface area (TPSA) is 343 Å². The number of cyclic esters (lactones) is 1. The minimum Gasteiger partial charge on any atom is -0.487 e. The van der Waals surface area contributed by atoms with Crippen LogP contribution in [-0.2, 0) is 59.0 Å². The Morgan fingerprint density at radius 1 is 0.827 bits per heavy atom. The Labute approximate surface area is 478 Å².